The second kappa shape index (κ2) is 8.82. The number of carbonyl (C=O) groups is 2. The first-order valence-electron chi connectivity index (χ1n) is 10.8. The van der Waals surface area contributed by atoms with Crippen LogP contribution >= 0.6 is 11.6 Å². The normalized spacial score (nSPS) is 25.2. The lowest BCUT2D eigenvalue weighted by Crippen LogP contribution is -2.51. The lowest BCUT2D eigenvalue weighted by atomic mass is 9.85. The van der Waals surface area contributed by atoms with Gasteiger partial charge in [-0.2, -0.15) is 0 Å². The van der Waals surface area contributed by atoms with Crippen LogP contribution in [0, 0.1) is 11.8 Å². The molecule has 7 heteroatoms. The smallest absolute Gasteiger partial charge is 0.324 e. The van der Waals surface area contributed by atoms with Gasteiger partial charge in [-0.1, -0.05) is 31.4 Å². The Hall–Kier alpha value is -1.95. The summed E-state index contributed by atoms with van der Waals surface area (Å²) in [5, 5.41) is 3.86. The van der Waals surface area contributed by atoms with Gasteiger partial charge in [-0.25, -0.2) is 4.79 Å². The molecule has 0 spiro atoms. The van der Waals surface area contributed by atoms with Gasteiger partial charge in [0.2, 0.25) is 5.91 Å². The molecule has 2 atom stereocenters. The van der Waals surface area contributed by atoms with Gasteiger partial charge < -0.3 is 15.0 Å². The maximum atomic E-state index is 13.1. The minimum atomic E-state index is -0.0309. The monoisotopic (exact) mass is 419 g/mol. The van der Waals surface area contributed by atoms with Gasteiger partial charge in [0, 0.05) is 30.1 Å². The first kappa shape index (κ1) is 20.3. The molecule has 3 aliphatic rings. The van der Waals surface area contributed by atoms with Crippen LogP contribution in [-0.4, -0.2) is 49.1 Å². The van der Waals surface area contributed by atoms with E-state index in [9.17, 15) is 9.59 Å². The molecule has 3 amide bonds. The van der Waals surface area contributed by atoms with Crippen molar-refractivity contribution < 1.29 is 14.3 Å². The number of amides is 3. The number of halogens is 1. The lowest BCUT2D eigenvalue weighted by molar-refractivity contribution is -0.127. The SMILES string of the molecule is C[C@@H]1CCCC[C@@H]1NC(=O)C1CCN(C(=O)N2CCOc3ccc(Cl)cc32)CC1. The highest BCUT2D eigenvalue weighted by Gasteiger charge is 2.33. The summed E-state index contributed by atoms with van der Waals surface area (Å²) in [7, 11) is 0. The predicted octanol–water partition coefficient (Wildman–Crippen LogP) is 4.07. The summed E-state index contributed by atoms with van der Waals surface area (Å²) in [5.74, 6) is 1.41. The largest absolute Gasteiger partial charge is 0.490 e. The number of fused-ring (bicyclic) bond motifs is 1. The van der Waals surface area contributed by atoms with Crippen molar-refractivity contribution >= 4 is 29.2 Å². The molecule has 1 aromatic carbocycles. The first-order valence-corrected chi connectivity index (χ1v) is 11.2. The molecular formula is C22H30ClN3O3. The van der Waals surface area contributed by atoms with Crippen molar-refractivity contribution in [3.05, 3.63) is 23.2 Å². The molecule has 1 N–H and O–H groups in total. The molecule has 0 radical (unpaired) electrons. The Balaban J connectivity index is 1.33. The number of anilines is 1. The number of ether oxygens (including phenoxy) is 1. The van der Waals surface area contributed by atoms with E-state index in [1.165, 1.54) is 19.3 Å². The maximum absolute atomic E-state index is 13.1. The third-order valence-corrected chi connectivity index (χ3v) is 6.83. The standard InChI is InChI=1S/C22H30ClN3O3/c1-15-4-2-3-5-18(15)24-21(27)16-8-10-25(11-9-16)22(28)26-12-13-29-20-7-6-17(23)14-19(20)26/h6-7,14-16,18H,2-5,8-13H2,1H3,(H,24,27)/t15-,18+/m1/s1. The molecule has 158 valence electrons. The zero-order valence-electron chi connectivity index (χ0n) is 17.0. The number of urea groups is 1. The number of hydrogen-bond donors (Lipinski definition) is 1. The number of hydrogen-bond acceptors (Lipinski definition) is 3. The third kappa shape index (κ3) is 4.47. The van der Waals surface area contributed by atoms with Gasteiger partial charge in [0.25, 0.3) is 0 Å². The van der Waals surface area contributed by atoms with E-state index in [1.54, 1.807) is 23.1 Å². The number of piperidine rings is 1. The highest BCUT2D eigenvalue weighted by atomic mass is 35.5. The molecule has 29 heavy (non-hydrogen) atoms. The van der Waals surface area contributed by atoms with E-state index in [1.807, 2.05) is 4.90 Å². The summed E-state index contributed by atoms with van der Waals surface area (Å²) in [6.07, 6.45) is 6.18. The fourth-order valence-electron chi connectivity index (χ4n) is 4.72. The van der Waals surface area contributed by atoms with E-state index in [0.29, 0.717) is 61.8 Å². The number of nitrogens with zero attached hydrogens (tertiary/aromatic N) is 2. The van der Waals surface area contributed by atoms with E-state index in [2.05, 4.69) is 12.2 Å². The molecule has 1 aromatic rings. The van der Waals surface area contributed by atoms with E-state index in [4.69, 9.17) is 16.3 Å². The van der Waals surface area contributed by atoms with Crippen molar-refractivity contribution in [3.8, 4) is 5.75 Å². The lowest BCUT2D eigenvalue weighted by Gasteiger charge is -2.38. The van der Waals surface area contributed by atoms with E-state index >= 15 is 0 Å². The first-order chi connectivity index (χ1) is 14.0. The van der Waals surface area contributed by atoms with Crippen molar-refractivity contribution in [3.63, 3.8) is 0 Å². The fourth-order valence-corrected chi connectivity index (χ4v) is 4.89. The van der Waals surface area contributed by atoms with Crippen LogP contribution in [0.15, 0.2) is 18.2 Å². The number of carbonyl (C=O) groups excluding carboxylic acids is 2. The Labute approximate surface area is 177 Å². The fraction of sp³-hybridized carbons (Fsp3) is 0.636. The van der Waals surface area contributed by atoms with Crippen LogP contribution in [0.4, 0.5) is 10.5 Å². The Kier molecular flexibility index (Phi) is 6.18. The topological polar surface area (TPSA) is 61.9 Å². The molecule has 0 bridgehead atoms. The van der Waals surface area contributed by atoms with E-state index in [0.717, 1.165) is 12.1 Å². The Morgan fingerprint density at radius 1 is 1.10 bits per heavy atom. The second-order valence-electron chi connectivity index (χ2n) is 8.53. The maximum Gasteiger partial charge on any atom is 0.324 e. The Morgan fingerprint density at radius 3 is 2.62 bits per heavy atom. The zero-order valence-corrected chi connectivity index (χ0v) is 17.8. The third-order valence-electron chi connectivity index (χ3n) is 6.59. The average Bonchev–Trinajstić information content (AvgIpc) is 2.74. The summed E-state index contributed by atoms with van der Waals surface area (Å²) in [5.41, 5.74) is 0.722. The number of benzene rings is 1. The highest BCUT2D eigenvalue weighted by molar-refractivity contribution is 6.31. The van der Waals surface area contributed by atoms with Gasteiger partial charge >= 0.3 is 6.03 Å². The van der Waals surface area contributed by atoms with Crippen LogP contribution in [0.2, 0.25) is 5.02 Å². The van der Waals surface area contributed by atoms with Crippen molar-refractivity contribution in [2.45, 2.75) is 51.5 Å². The molecule has 1 aliphatic carbocycles. The van der Waals surface area contributed by atoms with Crippen LogP contribution in [0.5, 0.6) is 5.75 Å². The second-order valence-corrected chi connectivity index (χ2v) is 8.97. The van der Waals surface area contributed by atoms with E-state index in [-0.39, 0.29) is 17.9 Å². The number of nitrogens with one attached hydrogen (secondary N) is 1. The zero-order chi connectivity index (χ0) is 20.4. The average molecular weight is 420 g/mol. The molecule has 6 nitrogen and oxygen atoms in total. The van der Waals surface area contributed by atoms with Crippen LogP contribution in [-0.2, 0) is 4.79 Å². The molecule has 4 rings (SSSR count). The predicted molar refractivity (Wildman–Crippen MR) is 114 cm³/mol. The number of rotatable bonds is 2. The minimum absolute atomic E-state index is 0.000374. The summed E-state index contributed by atoms with van der Waals surface area (Å²) in [6.45, 7) is 4.41. The summed E-state index contributed by atoms with van der Waals surface area (Å²) in [6, 6.07) is 5.63. The van der Waals surface area contributed by atoms with Gasteiger partial charge in [-0.3, -0.25) is 9.69 Å². The van der Waals surface area contributed by atoms with Gasteiger partial charge in [-0.05, 0) is 49.8 Å². The van der Waals surface area contributed by atoms with Crippen LogP contribution in [0.25, 0.3) is 0 Å². The van der Waals surface area contributed by atoms with Crippen LogP contribution in [0.3, 0.4) is 0 Å². The van der Waals surface area contributed by atoms with Gasteiger partial charge in [0.05, 0.1) is 12.2 Å². The molecule has 1 saturated heterocycles. The molecular weight excluding hydrogens is 390 g/mol. The summed E-state index contributed by atoms with van der Waals surface area (Å²) in [4.78, 5) is 29.4. The van der Waals surface area contributed by atoms with Crippen molar-refractivity contribution in [1.29, 1.82) is 0 Å². The summed E-state index contributed by atoms with van der Waals surface area (Å²) < 4.78 is 5.65. The number of likely N-dealkylation sites (tertiary alicyclic amines) is 1. The Bertz CT molecular complexity index is 764. The van der Waals surface area contributed by atoms with Crippen molar-refractivity contribution in [2.75, 3.05) is 31.1 Å². The van der Waals surface area contributed by atoms with Crippen molar-refractivity contribution in [2.24, 2.45) is 11.8 Å². The molecule has 2 fully saturated rings. The quantitative estimate of drug-likeness (QED) is 0.786. The van der Waals surface area contributed by atoms with Crippen LogP contribution < -0.4 is 15.0 Å². The van der Waals surface area contributed by atoms with Gasteiger partial charge in [0.15, 0.2) is 0 Å². The highest BCUT2D eigenvalue weighted by Crippen LogP contribution is 2.35. The molecule has 0 aromatic heterocycles. The summed E-state index contributed by atoms with van der Waals surface area (Å²) >= 11 is 6.13. The van der Waals surface area contributed by atoms with Crippen molar-refractivity contribution in [1.82, 2.24) is 10.2 Å². The molecule has 2 heterocycles. The minimum Gasteiger partial charge on any atom is -0.490 e. The molecule has 2 aliphatic heterocycles. The van der Waals surface area contributed by atoms with Gasteiger partial charge in [-0.15, -0.1) is 0 Å². The van der Waals surface area contributed by atoms with Crippen LogP contribution in [0.1, 0.15) is 45.4 Å². The van der Waals surface area contributed by atoms with E-state index < -0.39 is 0 Å². The van der Waals surface area contributed by atoms with Gasteiger partial charge in [0.1, 0.15) is 12.4 Å². The Morgan fingerprint density at radius 2 is 1.86 bits per heavy atom. The molecule has 1 saturated carbocycles. The molecule has 0 unspecified atom stereocenters.